The van der Waals surface area contributed by atoms with Crippen molar-refractivity contribution in [1.82, 2.24) is 10.6 Å². The number of rotatable bonds is 4. The summed E-state index contributed by atoms with van der Waals surface area (Å²) in [5.74, 6) is -0.733. The highest BCUT2D eigenvalue weighted by molar-refractivity contribution is 5.85. The van der Waals surface area contributed by atoms with Crippen LogP contribution in [-0.2, 0) is 12.7 Å². The molecular formula is C13H21Cl2F3N2O2. The van der Waals surface area contributed by atoms with E-state index in [0.717, 1.165) is 13.0 Å². The van der Waals surface area contributed by atoms with Gasteiger partial charge in [-0.25, -0.2) is 0 Å². The van der Waals surface area contributed by atoms with Crippen LogP contribution in [0.5, 0.6) is 0 Å². The highest BCUT2D eigenvalue weighted by Gasteiger charge is 2.38. The molecule has 1 saturated heterocycles. The van der Waals surface area contributed by atoms with Crippen LogP contribution in [0.4, 0.5) is 13.2 Å². The lowest BCUT2D eigenvalue weighted by atomic mass is 9.94. The molecular weight excluding hydrogens is 344 g/mol. The van der Waals surface area contributed by atoms with E-state index in [0.29, 0.717) is 13.0 Å². The molecule has 0 aliphatic carbocycles. The summed E-state index contributed by atoms with van der Waals surface area (Å²) in [6, 6.07) is 1.37. The molecule has 0 radical (unpaired) electrons. The first-order valence-electron chi connectivity index (χ1n) is 6.60. The van der Waals surface area contributed by atoms with Crippen LogP contribution < -0.4 is 10.6 Å². The highest BCUT2D eigenvalue weighted by Crippen LogP contribution is 2.34. The van der Waals surface area contributed by atoms with Crippen molar-refractivity contribution in [3.8, 4) is 0 Å². The monoisotopic (exact) mass is 364 g/mol. The van der Waals surface area contributed by atoms with Crippen LogP contribution >= 0.6 is 24.8 Å². The number of piperidine rings is 1. The minimum Gasteiger partial charge on any atom is -0.456 e. The highest BCUT2D eigenvalue weighted by atomic mass is 35.5. The van der Waals surface area contributed by atoms with Crippen LogP contribution in [0, 0.1) is 6.92 Å². The van der Waals surface area contributed by atoms with Crippen LogP contribution in [0.15, 0.2) is 10.5 Å². The molecule has 1 aromatic heterocycles. The van der Waals surface area contributed by atoms with Crippen molar-refractivity contribution >= 4 is 24.8 Å². The zero-order chi connectivity index (χ0) is 14.8. The number of halogens is 5. The molecule has 2 rings (SSSR count). The maximum atomic E-state index is 12.7. The Balaban J connectivity index is 0.00000220. The predicted octanol–water partition coefficient (Wildman–Crippen LogP) is 2.65. The zero-order valence-corrected chi connectivity index (χ0v) is 13.8. The Kier molecular flexibility index (Phi) is 8.22. The Hall–Kier alpha value is -0.470. The van der Waals surface area contributed by atoms with Crippen LogP contribution in [0.2, 0.25) is 0 Å². The smallest absolute Gasteiger partial charge is 0.449 e. The van der Waals surface area contributed by atoms with Gasteiger partial charge in [0, 0.05) is 25.2 Å². The normalized spacial score (nSPS) is 21.9. The Morgan fingerprint density at radius 2 is 2.09 bits per heavy atom. The van der Waals surface area contributed by atoms with Gasteiger partial charge in [-0.15, -0.1) is 24.8 Å². The molecule has 1 aromatic rings. The molecule has 1 aliphatic heterocycles. The molecule has 3 N–H and O–H groups in total. The summed E-state index contributed by atoms with van der Waals surface area (Å²) in [5, 5.41) is 16.2. The molecule has 0 saturated carbocycles. The van der Waals surface area contributed by atoms with Gasteiger partial charge in [-0.2, -0.15) is 13.2 Å². The lowest BCUT2D eigenvalue weighted by molar-refractivity contribution is -0.154. The van der Waals surface area contributed by atoms with E-state index >= 15 is 0 Å². The zero-order valence-electron chi connectivity index (χ0n) is 12.1. The number of aryl methyl sites for hydroxylation is 1. The second-order valence-corrected chi connectivity index (χ2v) is 5.32. The molecule has 22 heavy (non-hydrogen) atoms. The first-order chi connectivity index (χ1) is 9.30. The van der Waals surface area contributed by atoms with Gasteiger partial charge in [0.1, 0.15) is 5.76 Å². The molecule has 1 aliphatic rings. The molecule has 1 atom stereocenters. The van der Waals surface area contributed by atoms with Crippen molar-refractivity contribution in [2.24, 2.45) is 0 Å². The van der Waals surface area contributed by atoms with E-state index in [-0.39, 0.29) is 49.2 Å². The van der Waals surface area contributed by atoms with Crippen molar-refractivity contribution in [1.29, 1.82) is 0 Å². The van der Waals surface area contributed by atoms with Gasteiger partial charge in [-0.3, -0.25) is 0 Å². The molecule has 1 unspecified atom stereocenters. The molecule has 1 fully saturated rings. The van der Waals surface area contributed by atoms with Gasteiger partial charge in [-0.05, 0) is 32.4 Å². The summed E-state index contributed by atoms with van der Waals surface area (Å²) in [6.07, 6.45) is -2.99. The van der Waals surface area contributed by atoms with Crippen LogP contribution in [-0.4, -0.2) is 30.3 Å². The standard InChI is InChI=1S/C13H19F3N2O2.2ClH/c1-9-5-10(11(20-9)13(14,15)16)6-18-8-12(19)3-2-4-17-7-12;;/h5,17-19H,2-4,6-8H2,1H3;2*1H. The average molecular weight is 365 g/mol. The van der Waals surface area contributed by atoms with Crippen molar-refractivity contribution in [2.75, 3.05) is 19.6 Å². The van der Waals surface area contributed by atoms with Crippen LogP contribution in [0.25, 0.3) is 0 Å². The van der Waals surface area contributed by atoms with Gasteiger partial charge < -0.3 is 20.2 Å². The maximum absolute atomic E-state index is 12.7. The number of furan rings is 1. The van der Waals surface area contributed by atoms with Gasteiger partial charge in [0.2, 0.25) is 5.76 Å². The van der Waals surface area contributed by atoms with Crippen molar-refractivity contribution in [3.05, 3.63) is 23.2 Å². The molecule has 0 spiro atoms. The maximum Gasteiger partial charge on any atom is 0.449 e. The summed E-state index contributed by atoms with van der Waals surface area (Å²) in [6.45, 7) is 3.07. The SMILES string of the molecule is Cc1cc(CNCC2(O)CCCNC2)c(C(F)(F)F)o1.Cl.Cl. The molecule has 2 heterocycles. The fourth-order valence-electron chi connectivity index (χ4n) is 2.47. The van der Waals surface area contributed by atoms with E-state index in [9.17, 15) is 18.3 Å². The van der Waals surface area contributed by atoms with E-state index in [4.69, 9.17) is 4.42 Å². The average Bonchev–Trinajstić information content (AvgIpc) is 2.71. The lowest BCUT2D eigenvalue weighted by Crippen LogP contribution is -2.51. The Morgan fingerprint density at radius 3 is 2.64 bits per heavy atom. The summed E-state index contributed by atoms with van der Waals surface area (Å²) in [5.41, 5.74) is -0.822. The topological polar surface area (TPSA) is 57.4 Å². The number of aliphatic hydroxyl groups is 1. The molecule has 0 aromatic carbocycles. The van der Waals surface area contributed by atoms with Gasteiger partial charge >= 0.3 is 6.18 Å². The minimum atomic E-state index is -4.49. The second-order valence-electron chi connectivity index (χ2n) is 5.32. The Labute approximate surface area is 139 Å². The van der Waals surface area contributed by atoms with Crippen molar-refractivity contribution in [2.45, 2.75) is 38.1 Å². The van der Waals surface area contributed by atoms with Crippen LogP contribution in [0.1, 0.15) is 29.9 Å². The van der Waals surface area contributed by atoms with E-state index in [1.165, 1.54) is 13.0 Å². The van der Waals surface area contributed by atoms with E-state index in [1.807, 2.05) is 0 Å². The second kappa shape index (κ2) is 8.40. The third kappa shape index (κ3) is 5.62. The molecule has 0 bridgehead atoms. The molecule has 9 heteroatoms. The van der Waals surface area contributed by atoms with E-state index in [2.05, 4.69) is 10.6 Å². The molecule has 130 valence electrons. The van der Waals surface area contributed by atoms with Gasteiger partial charge in [-0.1, -0.05) is 0 Å². The number of hydrogen-bond donors (Lipinski definition) is 3. The molecule has 0 amide bonds. The third-order valence-electron chi connectivity index (χ3n) is 3.41. The quantitative estimate of drug-likeness (QED) is 0.768. The fraction of sp³-hybridized carbons (Fsp3) is 0.692. The largest absolute Gasteiger partial charge is 0.456 e. The van der Waals surface area contributed by atoms with Crippen molar-refractivity contribution in [3.63, 3.8) is 0 Å². The Morgan fingerprint density at radius 1 is 1.41 bits per heavy atom. The minimum absolute atomic E-state index is 0. The number of nitrogens with one attached hydrogen (secondary N) is 2. The fourth-order valence-corrected chi connectivity index (χ4v) is 2.47. The Bertz CT molecular complexity index is 461. The third-order valence-corrected chi connectivity index (χ3v) is 3.41. The first-order valence-corrected chi connectivity index (χ1v) is 6.60. The lowest BCUT2D eigenvalue weighted by Gasteiger charge is -2.32. The van der Waals surface area contributed by atoms with Gasteiger partial charge in [0.15, 0.2) is 0 Å². The van der Waals surface area contributed by atoms with Gasteiger partial charge in [0.05, 0.1) is 5.60 Å². The van der Waals surface area contributed by atoms with Crippen LogP contribution in [0.3, 0.4) is 0 Å². The summed E-state index contributed by atoms with van der Waals surface area (Å²) in [7, 11) is 0. The number of β-amino-alcohol motifs (C(OH)–C–C–N with tert-alkyl or cyclic N) is 1. The first kappa shape index (κ1) is 21.5. The summed E-state index contributed by atoms with van der Waals surface area (Å²) < 4.78 is 42.9. The van der Waals surface area contributed by atoms with E-state index < -0.39 is 17.5 Å². The van der Waals surface area contributed by atoms with E-state index in [1.54, 1.807) is 0 Å². The number of hydrogen-bond acceptors (Lipinski definition) is 4. The van der Waals surface area contributed by atoms with Crippen molar-refractivity contribution < 1.29 is 22.7 Å². The summed E-state index contributed by atoms with van der Waals surface area (Å²) in [4.78, 5) is 0. The predicted molar refractivity (Wildman–Crippen MR) is 81.7 cm³/mol. The van der Waals surface area contributed by atoms with Gasteiger partial charge in [0.25, 0.3) is 0 Å². The molecule has 4 nitrogen and oxygen atoms in total. The number of alkyl halides is 3. The summed E-state index contributed by atoms with van der Waals surface area (Å²) >= 11 is 0.